The molecule has 2 saturated heterocycles. The number of likely N-dealkylation sites (tertiary alicyclic amines) is 2. The monoisotopic (exact) mass is 567 g/mol. The molecule has 0 atom stereocenters. The molecule has 2 aromatic carbocycles. The first-order valence-corrected chi connectivity index (χ1v) is 14.6. The van der Waals surface area contributed by atoms with Crippen LogP contribution < -0.4 is 15.2 Å². The summed E-state index contributed by atoms with van der Waals surface area (Å²) >= 11 is 0. The number of carbonyl (C=O) groups is 1. The molecule has 9 nitrogen and oxygen atoms in total. The third-order valence-electron chi connectivity index (χ3n) is 8.35. The second-order valence-corrected chi connectivity index (χ2v) is 11.0. The number of piperidine rings is 1. The number of oxazole rings is 1. The van der Waals surface area contributed by atoms with Crippen LogP contribution in [0.5, 0.6) is 11.5 Å². The van der Waals surface area contributed by atoms with Crippen LogP contribution in [0.25, 0.3) is 22.6 Å². The maximum atomic E-state index is 13.2. The van der Waals surface area contributed by atoms with Crippen LogP contribution in [-0.4, -0.2) is 65.0 Å². The molecule has 0 radical (unpaired) electrons. The van der Waals surface area contributed by atoms with Gasteiger partial charge in [0.05, 0.1) is 12.7 Å². The van der Waals surface area contributed by atoms with Crippen molar-refractivity contribution in [3.05, 3.63) is 77.8 Å². The Morgan fingerprint density at radius 3 is 2.48 bits per heavy atom. The molecular formula is C33H37N5O4. The summed E-state index contributed by atoms with van der Waals surface area (Å²) < 4.78 is 17.4. The van der Waals surface area contributed by atoms with Gasteiger partial charge in [-0.2, -0.15) is 0 Å². The average Bonchev–Trinajstić information content (AvgIpc) is 3.71. The number of ether oxygens (including phenoxy) is 2. The van der Waals surface area contributed by atoms with E-state index < -0.39 is 0 Å². The number of nitrogens with zero attached hydrogens (tertiary/aromatic N) is 4. The minimum absolute atomic E-state index is 0.0938. The number of amides is 1. The number of aryl methyl sites for hydroxylation is 1. The number of hydrogen-bond acceptors (Lipinski definition) is 8. The fourth-order valence-electron chi connectivity index (χ4n) is 5.90. The second kappa shape index (κ2) is 12.2. The van der Waals surface area contributed by atoms with E-state index in [4.69, 9.17) is 19.6 Å². The zero-order valence-electron chi connectivity index (χ0n) is 24.2. The average molecular weight is 568 g/mol. The number of pyridine rings is 1. The summed E-state index contributed by atoms with van der Waals surface area (Å²) in [5.74, 6) is 2.63. The number of nitrogen functional groups attached to an aromatic ring is 1. The summed E-state index contributed by atoms with van der Waals surface area (Å²) in [7, 11) is 1.62. The summed E-state index contributed by atoms with van der Waals surface area (Å²) in [6.45, 7) is 6.06. The molecule has 1 amide bonds. The quantitative estimate of drug-likeness (QED) is 0.294. The van der Waals surface area contributed by atoms with E-state index in [1.54, 1.807) is 13.3 Å². The Balaban J connectivity index is 1.10. The predicted octanol–water partition coefficient (Wildman–Crippen LogP) is 5.58. The molecule has 0 saturated carbocycles. The molecular weight excluding hydrogens is 530 g/mol. The third-order valence-corrected chi connectivity index (χ3v) is 8.35. The van der Waals surface area contributed by atoms with Gasteiger partial charge in [-0.15, -0.1) is 0 Å². The van der Waals surface area contributed by atoms with E-state index in [1.807, 2.05) is 66.4 Å². The molecule has 6 rings (SSSR count). The number of nitrogens with two attached hydrogens (primary N) is 1. The minimum atomic E-state index is 0.0938. The van der Waals surface area contributed by atoms with Crippen LogP contribution in [0, 0.1) is 6.92 Å². The van der Waals surface area contributed by atoms with Crippen molar-refractivity contribution in [2.45, 2.75) is 45.3 Å². The lowest BCUT2D eigenvalue weighted by Crippen LogP contribution is -2.45. The fraction of sp³-hybridized carbons (Fsp3) is 0.364. The molecule has 0 aliphatic carbocycles. The van der Waals surface area contributed by atoms with Crippen LogP contribution in [0.15, 0.2) is 65.2 Å². The van der Waals surface area contributed by atoms with E-state index in [-0.39, 0.29) is 18.3 Å². The summed E-state index contributed by atoms with van der Waals surface area (Å²) in [6.07, 6.45) is 6.42. The van der Waals surface area contributed by atoms with E-state index >= 15 is 0 Å². The standard InChI is InChI=1S/C33H37N5O4/c1-22-28(36-32(42-22)27-7-3-4-8-29(27)40-2)21-41-30-19-25(20-35-31(30)34)23-9-11-24(12-10-23)33(39)38-17-13-26(14-18-38)37-15-5-6-16-37/h3-4,7-12,19-20,26H,5-6,13-18,21H2,1-2H3,(H2,34,35). The van der Waals surface area contributed by atoms with Crippen molar-refractivity contribution in [3.8, 4) is 34.1 Å². The Bertz CT molecular complexity index is 1540. The topological polar surface area (TPSA) is 107 Å². The Kier molecular flexibility index (Phi) is 8.10. The van der Waals surface area contributed by atoms with E-state index in [0.29, 0.717) is 40.4 Å². The van der Waals surface area contributed by atoms with Crippen LogP contribution in [0.1, 0.15) is 47.5 Å². The van der Waals surface area contributed by atoms with E-state index in [2.05, 4.69) is 14.9 Å². The number of para-hydroxylation sites is 1. The number of methoxy groups -OCH3 is 1. The fourth-order valence-corrected chi connectivity index (χ4v) is 5.90. The van der Waals surface area contributed by atoms with Crippen molar-refractivity contribution in [3.63, 3.8) is 0 Å². The van der Waals surface area contributed by atoms with Crippen molar-refractivity contribution in [2.75, 3.05) is 39.0 Å². The van der Waals surface area contributed by atoms with Gasteiger partial charge in [0.2, 0.25) is 5.89 Å². The van der Waals surface area contributed by atoms with Gasteiger partial charge in [-0.3, -0.25) is 4.79 Å². The molecule has 2 N–H and O–H groups in total. The molecule has 2 aliphatic heterocycles. The summed E-state index contributed by atoms with van der Waals surface area (Å²) in [4.78, 5) is 26.8. The summed E-state index contributed by atoms with van der Waals surface area (Å²) in [5.41, 5.74) is 10.0. The number of aromatic nitrogens is 2. The highest BCUT2D eigenvalue weighted by atomic mass is 16.5. The predicted molar refractivity (Wildman–Crippen MR) is 161 cm³/mol. The number of hydrogen-bond donors (Lipinski definition) is 1. The summed E-state index contributed by atoms with van der Waals surface area (Å²) in [5, 5.41) is 0. The molecule has 0 spiro atoms. The van der Waals surface area contributed by atoms with E-state index in [1.165, 1.54) is 25.9 Å². The number of rotatable bonds is 8. The molecule has 218 valence electrons. The third kappa shape index (κ3) is 5.83. The van der Waals surface area contributed by atoms with Crippen LogP contribution in [0.4, 0.5) is 5.82 Å². The smallest absolute Gasteiger partial charge is 0.253 e. The normalized spacial score (nSPS) is 16.1. The van der Waals surface area contributed by atoms with Gasteiger partial charge in [0.25, 0.3) is 5.91 Å². The highest BCUT2D eigenvalue weighted by Gasteiger charge is 2.28. The number of benzene rings is 2. The van der Waals surface area contributed by atoms with Crippen LogP contribution >= 0.6 is 0 Å². The molecule has 2 fully saturated rings. The Hall–Kier alpha value is -4.37. The lowest BCUT2D eigenvalue weighted by molar-refractivity contribution is 0.0644. The van der Waals surface area contributed by atoms with E-state index in [0.717, 1.165) is 42.6 Å². The van der Waals surface area contributed by atoms with Gasteiger partial charge >= 0.3 is 0 Å². The molecule has 0 bridgehead atoms. The first-order chi connectivity index (χ1) is 20.5. The Labute approximate surface area is 246 Å². The largest absolute Gasteiger partial charge is 0.496 e. The lowest BCUT2D eigenvalue weighted by Gasteiger charge is -2.36. The highest BCUT2D eigenvalue weighted by Crippen LogP contribution is 2.32. The zero-order chi connectivity index (χ0) is 29.1. The zero-order valence-corrected chi connectivity index (χ0v) is 24.2. The van der Waals surface area contributed by atoms with Gasteiger partial charge in [-0.1, -0.05) is 24.3 Å². The Morgan fingerprint density at radius 2 is 1.74 bits per heavy atom. The van der Waals surface area contributed by atoms with E-state index in [9.17, 15) is 4.79 Å². The first-order valence-electron chi connectivity index (χ1n) is 14.6. The molecule has 0 unspecified atom stereocenters. The molecule has 2 aliphatic rings. The van der Waals surface area contributed by atoms with Gasteiger partial charge in [0, 0.05) is 36.5 Å². The van der Waals surface area contributed by atoms with Crippen LogP contribution in [0.2, 0.25) is 0 Å². The van der Waals surface area contributed by atoms with Crippen molar-refractivity contribution in [2.24, 2.45) is 0 Å². The molecule has 2 aromatic heterocycles. The number of anilines is 1. The van der Waals surface area contributed by atoms with Crippen LogP contribution in [-0.2, 0) is 6.61 Å². The SMILES string of the molecule is COc1ccccc1-c1nc(COc2cc(-c3ccc(C(=O)N4CCC(N5CCCC5)CC4)cc3)cnc2N)c(C)o1. The minimum Gasteiger partial charge on any atom is -0.496 e. The van der Waals surface area contributed by atoms with Gasteiger partial charge in [-0.05, 0) is 81.6 Å². The first kappa shape index (κ1) is 27.8. The molecule has 42 heavy (non-hydrogen) atoms. The van der Waals surface area contributed by atoms with Crippen molar-refractivity contribution in [1.82, 2.24) is 19.8 Å². The number of carbonyl (C=O) groups excluding carboxylic acids is 1. The summed E-state index contributed by atoms with van der Waals surface area (Å²) in [6, 6.07) is 17.7. The Morgan fingerprint density at radius 1 is 1.00 bits per heavy atom. The highest BCUT2D eigenvalue weighted by molar-refractivity contribution is 5.94. The molecule has 4 aromatic rings. The maximum absolute atomic E-state index is 13.2. The van der Waals surface area contributed by atoms with Crippen molar-refractivity contribution < 1.29 is 18.7 Å². The lowest BCUT2D eigenvalue weighted by atomic mass is 10.0. The molecule has 4 heterocycles. The second-order valence-electron chi connectivity index (χ2n) is 11.0. The van der Waals surface area contributed by atoms with Gasteiger partial charge in [0.15, 0.2) is 11.6 Å². The van der Waals surface area contributed by atoms with Gasteiger partial charge in [-0.25, -0.2) is 9.97 Å². The van der Waals surface area contributed by atoms with Gasteiger partial charge in [0.1, 0.15) is 23.8 Å². The van der Waals surface area contributed by atoms with Crippen molar-refractivity contribution in [1.29, 1.82) is 0 Å². The maximum Gasteiger partial charge on any atom is 0.253 e. The molecule has 9 heteroatoms. The van der Waals surface area contributed by atoms with Crippen LogP contribution in [0.3, 0.4) is 0 Å². The van der Waals surface area contributed by atoms with Gasteiger partial charge < -0.3 is 29.4 Å². The van der Waals surface area contributed by atoms with Crippen molar-refractivity contribution >= 4 is 11.7 Å².